The summed E-state index contributed by atoms with van der Waals surface area (Å²) in [6.45, 7) is 4.90. The largest absolute Gasteiger partial charge is 0.534 e. The van der Waals surface area contributed by atoms with Gasteiger partial charge in [0.25, 0.3) is 35.1 Å². The zero-order chi connectivity index (χ0) is 80.7. The molecule has 610 valence electrons. The summed E-state index contributed by atoms with van der Waals surface area (Å²) in [4.78, 5) is 91.9. The van der Waals surface area contributed by atoms with E-state index in [1.807, 2.05) is 12.2 Å². The van der Waals surface area contributed by atoms with Crippen LogP contribution in [0, 0.1) is 43.9 Å². The van der Waals surface area contributed by atoms with Gasteiger partial charge in [-0.15, -0.1) is 0 Å². The molecule has 2 aromatic carbocycles. The Balaban J connectivity index is 0.000000252. The summed E-state index contributed by atoms with van der Waals surface area (Å²) < 4.78 is 56.5. The second kappa shape index (κ2) is 40.8. The number of carboxylic acid groups (broad SMARTS) is 2. The van der Waals surface area contributed by atoms with Crippen molar-refractivity contribution in [3.8, 4) is 0 Å². The van der Waals surface area contributed by atoms with Crippen LogP contribution < -0.4 is 56.1 Å². The number of hydrogen-bond acceptors (Lipinski definition) is 36. The number of carbonyl (C=O) groups excluding carboxylic acids is 4. The topological polar surface area (TPSA) is 674 Å². The fourth-order valence-electron chi connectivity index (χ4n) is 13.9. The number of nitrogens with two attached hydrogens (primary N) is 7. The minimum atomic E-state index is -1.35. The van der Waals surface area contributed by atoms with Crippen molar-refractivity contribution in [3.63, 3.8) is 0 Å². The molecule has 11 rings (SSSR count). The molecule has 9 aliphatic rings. The van der Waals surface area contributed by atoms with Gasteiger partial charge in [-0.1, -0.05) is 17.2 Å². The smallest absolute Gasteiger partial charge is 0.481 e. The number of nitro benzene ring substituents is 2. The number of nitrogens with one attached hydrogen (secondary N) is 3. The van der Waals surface area contributed by atoms with Crippen LogP contribution in [0.25, 0.3) is 0 Å². The van der Waals surface area contributed by atoms with Crippen molar-refractivity contribution in [2.75, 3.05) is 40.4 Å². The van der Waals surface area contributed by atoms with E-state index < -0.39 is 191 Å². The standard InChI is InChI=1S/C27H42N6O11.C19H37N5O7.C17H14N2O7.2C2H4O2.Zn/c1-27(37)12-41-25(20(35)23(27)31-2)44-22-18(30)9-17(29)21(19(22)34)43-24-16(28)8-7-15(42-24)10-32-26(36)40-11-13-3-5-14(6-4-13)33(38)39;1-19(27)7-28-18(13(26)16(19)24-2)31-15-11(23)5-10(22)14(12(15)25)30-17-9(21)4-3-8(6-20)29-17;20-15-13-10-3-4-11(7-10)14(13)16(21)18(15)26-17(22)25-8-9-1-5-12(6-2-9)19(23)24;2*1-2(3)4;/h3-7,16-25,31,34-35,37H,8-12,28-30H2,1-2H3,(H,32,36);3,9-18,24-27H,4-7,20-23H2,1-2H3;1-6,10-11,13-14H,7-8H2;2*1H3,(H,3,4);/t16-,17+,18-,19+,20-,21-,22+,23-,24-,25-,27+;9-,10+,11-,12+,13-,14-,15+,16-,17-,18-,19+;;;;/m11..../s1. The van der Waals surface area contributed by atoms with Gasteiger partial charge >= 0.3 is 12.2 Å². The molecule has 2 aromatic rings. The van der Waals surface area contributed by atoms with Crippen molar-refractivity contribution >= 4 is 47.4 Å². The summed E-state index contributed by atoms with van der Waals surface area (Å²) >= 11 is 0. The molecule has 3 amide bonds. The molecule has 3 saturated carbocycles. The third kappa shape index (κ3) is 23.8. The molecule has 0 aromatic heterocycles. The van der Waals surface area contributed by atoms with Crippen LogP contribution in [0.4, 0.5) is 21.0 Å². The summed E-state index contributed by atoms with van der Waals surface area (Å²) in [5.74, 6) is -2.67. The maximum Gasteiger partial charge on any atom is 0.534 e. The van der Waals surface area contributed by atoms with Crippen LogP contribution in [0.5, 0.6) is 0 Å². The number of aliphatic hydroxyl groups excluding tert-OH is 4. The summed E-state index contributed by atoms with van der Waals surface area (Å²) in [5.41, 5.74) is 41.2. The summed E-state index contributed by atoms with van der Waals surface area (Å²) in [7, 11) is 3.21. The number of likely N-dealkylation sites (N-methyl/N-ethyl adjacent to an activating group) is 2. The van der Waals surface area contributed by atoms with Crippen LogP contribution in [0.1, 0.15) is 70.9 Å². The number of fused-ring (bicyclic) bond motifs is 5. The number of rotatable bonds is 20. The number of carbonyl (C=O) groups is 6. The number of ether oxygens (including phenoxy) is 10. The minimum Gasteiger partial charge on any atom is -0.481 e. The van der Waals surface area contributed by atoms with E-state index in [-0.39, 0.29) is 88.6 Å². The first-order valence-electron chi connectivity index (χ1n) is 34.8. The van der Waals surface area contributed by atoms with Crippen LogP contribution in [-0.2, 0) is 104 Å². The van der Waals surface area contributed by atoms with Crippen molar-refractivity contribution in [1.29, 1.82) is 0 Å². The van der Waals surface area contributed by atoms with E-state index >= 15 is 0 Å². The third-order valence-corrected chi connectivity index (χ3v) is 19.3. The molecule has 4 aliphatic carbocycles. The first-order chi connectivity index (χ1) is 51.3. The van der Waals surface area contributed by atoms with Gasteiger partial charge in [0.1, 0.15) is 84.8 Å². The van der Waals surface area contributed by atoms with Gasteiger partial charge in [0, 0.05) is 81.8 Å². The van der Waals surface area contributed by atoms with E-state index in [0.717, 1.165) is 20.3 Å². The van der Waals surface area contributed by atoms with Gasteiger partial charge in [0.15, 0.2) is 12.6 Å². The Kier molecular flexibility index (Phi) is 33.9. The Morgan fingerprint density at radius 3 is 1.29 bits per heavy atom. The predicted octanol–water partition coefficient (Wildman–Crippen LogP) is -3.68. The van der Waals surface area contributed by atoms with E-state index in [0.29, 0.717) is 47.0 Å². The molecular weight excluding hydrogens is 1520 g/mol. The normalized spacial score (nSPS) is 35.9. The number of non-ortho nitro benzene ring substituents is 2. The number of aliphatic hydroxyl groups is 6. The summed E-state index contributed by atoms with van der Waals surface area (Å²) in [5, 5.41) is 110. The van der Waals surface area contributed by atoms with E-state index in [4.69, 9.17) is 112 Å². The molecule has 26 atom stereocenters. The number of amides is 3. The van der Waals surface area contributed by atoms with Gasteiger partial charge in [-0.3, -0.25) is 44.2 Å². The molecule has 43 heteroatoms. The fraction of sp³-hybridized carbons (Fsp3) is 0.642. The van der Waals surface area contributed by atoms with E-state index in [9.17, 15) is 70.0 Å². The average Bonchev–Trinajstić information content (AvgIpc) is 1.57. The molecule has 5 heterocycles. The van der Waals surface area contributed by atoms with Crippen LogP contribution in [0.2, 0.25) is 0 Å². The number of nitrogens with zero attached hydrogens (tertiary/aromatic N) is 3. The van der Waals surface area contributed by atoms with Gasteiger partial charge < -0.3 is 144 Å². The van der Waals surface area contributed by atoms with Gasteiger partial charge in [-0.25, -0.2) is 9.59 Å². The molecule has 25 N–H and O–H groups in total. The van der Waals surface area contributed by atoms with Crippen molar-refractivity contribution in [1.82, 2.24) is 21.0 Å². The van der Waals surface area contributed by atoms with E-state index in [1.54, 1.807) is 33.2 Å². The molecule has 4 unspecified atom stereocenters. The Bertz CT molecular complexity index is 3480. The Morgan fingerprint density at radius 2 is 0.927 bits per heavy atom. The zero-order valence-corrected chi connectivity index (χ0v) is 64.3. The van der Waals surface area contributed by atoms with Crippen molar-refractivity contribution < 1.29 is 151 Å². The number of hydrogen-bond donors (Lipinski definition) is 18. The maximum absolute atomic E-state index is 12.4. The number of allylic oxidation sites excluding steroid dienone is 2. The molecule has 3 saturated heterocycles. The first kappa shape index (κ1) is 91.3. The quantitative estimate of drug-likeness (QED) is 0.0152. The fourth-order valence-corrected chi connectivity index (χ4v) is 13.9. The number of imide groups is 1. The minimum absolute atomic E-state index is 0. The molecule has 6 fully saturated rings. The van der Waals surface area contributed by atoms with Crippen molar-refractivity contribution in [3.05, 3.63) is 116 Å². The van der Waals surface area contributed by atoms with Crippen LogP contribution in [0.15, 0.2) is 84.4 Å². The van der Waals surface area contributed by atoms with Crippen LogP contribution >= 0.6 is 0 Å². The molecule has 0 spiro atoms. The van der Waals surface area contributed by atoms with Crippen molar-refractivity contribution in [2.24, 2.45) is 63.8 Å². The van der Waals surface area contributed by atoms with Crippen molar-refractivity contribution in [2.45, 2.75) is 207 Å². The molecule has 110 heavy (non-hydrogen) atoms. The third-order valence-electron chi connectivity index (χ3n) is 19.3. The number of carboxylic acids is 2. The zero-order valence-electron chi connectivity index (χ0n) is 61.3. The Labute approximate surface area is 643 Å². The molecule has 42 nitrogen and oxygen atoms in total. The van der Waals surface area contributed by atoms with Gasteiger partial charge in [-0.2, -0.15) is 0 Å². The number of hydroxylamine groups is 2. The van der Waals surface area contributed by atoms with Gasteiger partial charge in [-0.05, 0) is 119 Å². The molecular formula is C67H101N13O29Zn. The Morgan fingerprint density at radius 1 is 0.573 bits per heavy atom. The van der Waals surface area contributed by atoms with Gasteiger partial charge in [0.05, 0.1) is 72.2 Å². The number of aliphatic carboxylic acids is 2. The second-order valence-corrected chi connectivity index (χ2v) is 27.8. The Hall–Kier alpha value is -7.54. The summed E-state index contributed by atoms with van der Waals surface area (Å²) in [6, 6.07) is 5.86. The molecule has 0 radical (unpaired) electrons. The maximum atomic E-state index is 12.4. The van der Waals surface area contributed by atoms with E-state index in [1.165, 1.54) is 55.5 Å². The number of alkyl carbamates (subject to hydrolysis) is 1. The summed E-state index contributed by atoms with van der Waals surface area (Å²) in [6.07, 6.45) is -5.49. The van der Waals surface area contributed by atoms with Gasteiger partial charge in [0.2, 0.25) is 12.6 Å². The van der Waals surface area contributed by atoms with Crippen LogP contribution in [-0.4, -0.2) is 266 Å². The first-order valence-corrected chi connectivity index (χ1v) is 34.8. The second-order valence-electron chi connectivity index (χ2n) is 27.8. The average molecular weight is 1620 g/mol. The molecule has 5 aliphatic heterocycles. The monoisotopic (exact) mass is 1620 g/mol. The molecule has 2 bridgehead atoms. The number of nitro groups is 2. The SMILES string of the molecule is CC(=O)O.CC(=O)O.CN[C@@H]1[C@@H](O)[C@@H](O[C@@H]2[C@@H](O)[C@H](O[C@H]3OC(CN)=CC[C@H]3N)[C@@H](N)C[C@H]2N)OC[C@]1(C)O.CN[C@@H]1[C@@H](O)[C@@H](O[C@@H]2[C@@H](O)[C@H](O[C@H]3OC(CNC(=O)OCc4ccc([N+](=O)[O-])cc4)=CC[C@H]3N)[C@@H](N)C[C@H]2N)OC[C@]1(C)O.O=C(OCc1ccc([N+](=O)[O-])cc1)ON1C(=O)C2C3C=CC(C3)C2C1=O.[Zn]. The number of benzene rings is 2. The van der Waals surface area contributed by atoms with E-state index in [2.05, 4.69) is 16.0 Å². The predicted molar refractivity (Wildman–Crippen MR) is 373 cm³/mol. The van der Waals surface area contributed by atoms with Crippen LogP contribution in [0.3, 0.4) is 0 Å².